The summed E-state index contributed by atoms with van der Waals surface area (Å²) < 4.78 is 44.6. The molecule has 1 heterocycles. The molecule has 0 spiro atoms. The Morgan fingerprint density at radius 3 is 1.83 bits per heavy atom. The molecule has 1 aliphatic carbocycles. The fourth-order valence-electron chi connectivity index (χ4n) is 4.64. The van der Waals surface area contributed by atoms with Crippen LogP contribution in [0.3, 0.4) is 0 Å². The van der Waals surface area contributed by atoms with E-state index in [2.05, 4.69) is 65.9 Å². The molecule has 188 valence electrons. The van der Waals surface area contributed by atoms with Gasteiger partial charge in [0.2, 0.25) is 0 Å². The number of aryl methyl sites for hydroxylation is 2. The molecular weight excluding hydrogens is 469 g/mol. The number of fused-ring (bicyclic) bond motifs is 2. The lowest BCUT2D eigenvalue weighted by Gasteiger charge is -2.32. The summed E-state index contributed by atoms with van der Waals surface area (Å²) in [4.78, 5) is 0.588. The molecule has 0 bridgehead atoms. The fourth-order valence-corrected chi connectivity index (χ4v) is 4.79. The van der Waals surface area contributed by atoms with Gasteiger partial charge in [-0.3, -0.25) is 0 Å². The van der Waals surface area contributed by atoms with Gasteiger partial charge in [-0.05, 0) is 78.6 Å². The first kappa shape index (κ1) is 27.2. The Bertz CT molecular complexity index is 997. The predicted octanol–water partition coefficient (Wildman–Crippen LogP) is 8.39. The van der Waals surface area contributed by atoms with Crippen LogP contribution < -0.4 is 4.74 Å². The summed E-state index contributed by atoms with van der Waals surface area (Å²) in [5, 5.41) is 0. The van der Waals surface area contributed by atoms with Gasteiger partial charge in [-0.1, -0.05) is 62.4 Å². The summed E-state index contributed by atoms with van der Waals surface area (Å²) in [6.45, 7) is 4.92. The van der Waals surface area contributed by atoms with Crippen LogP contribution in [0, 0.1) is 0 Å². The van der Waals surface area contributed by atoms with Crippen molar-refractivity contribution in [3.8, 4) is 5.75 Å². The third-order valence-corrected chi connectivity index (χ3v) is 6.40. The van der Waals surface area contributed by atoms with Crippen LogP contribution in [0.1, 0.15) is 61.3 Å². The zero-order valence-corrected chi connectivity index (χ0v) is 21.1. The first-order valence-electron chi connectivity index (χ1n) is 12.2. The van der Waals surface area contributed by atoms with Gasteiger partial charge in [-0.2, -0.15) is 0 Å². The average molecular weight is 503 g/mol. The zero-order chi connectivity index (χ0) is 25.3. The number of thiol groups is 1. The molecule has 1 atom stereocenters. The van der Waals surface area contributed by atoms with Crippen LogP contribution >= 0.6 is 12.6 Å². The molecule has 1 fully saturated rings. The Labute approximate surface area is 211 Å². The number of halogens is 3. The molecule has 2 aliphatic rings. The Morgan fingerprint density at radius 2 is 1.34 bits per heavy atom. The van der Waals surface area contributed by atoms with E-state index in [-0.39, 0.29) is 5.75 Å². The molecule has 5 rings (SSSR count). The lowest BCUT2D eigenvalue weighted by Crippen LogP contribution is -2.28. The number of rotatable bonds is 2. The highest BCUT2D eigenvalue weighted by atomic mass is 32.1. The molecule has 1 unspecified atom stereocenters. The first-order valence-corrected chi connectivity index (χ1v) is 12.7. The van der Waals surface area contributed by atoms with Crippen LogP contribution in [-0.2, 0) is 17.6 Å². The second kappa shape index (κ2) is 13.0. The Hall–Kier alpha value is -2.44. The SMILES string of the molecule is CC.FC(F)(F)Oc1ccc(S)cc1.c1ccc2c(c1)CCc1ccccc1C2C1CCCCO1. The van der Waals surface area contributed by atoms with Crippen molar-refractivity contribution in [3.63, 3.8) is 0 Å². The maximum Gasteiger partial charge on any atom is 0.573 e. The van der Waals surface area contributed by atoms with Gasteiger partial charge in [0.05, 0.1) is 6.10 Å². The maximum atomic E-state index is 11.6. The van der Waals surface area contributed by atoms with Gasteiger partial charge >= 0.3 is 6.36 Å². The monoisotopic (exact) mass is 502 g/mol. The lowest BCUT2D eigenvalue weighted by molar-refractivity contribution is -0.274. The average Bonchev–Trinajstić information content (AvgIpc) is 3.04. The van der Waals surface area contributed by atoms with E-state index in [0.717, 1.165) is 19.4 Å². The minimum absolute atomic E-state index is 0.236. The van der Waals surface area contributed by atoms with Gasteiger partial charge in [0.15, 0.2) is 0 Å². The highest BCUT2D eigenvalue weighted by molar-refractivity contribution is 7.80. The van der Waals surface area contributed by atoms with Crippen molar-refractivity contribution in [1.82, 2.24) is 0 Å². The molecule has 35 heavy (non-hydrogen) atoms. The summed E-state index contributed by atoms with van der Waals surface area (Å²) in [5.41, 5.74) is 6.00. The van der Waals surface area contributed by atoms with Crippen LogP contribution in [-0.4, -0.2) is 19.1 Å². The van der Waals surface area contributed by atoms with Crippen molar-refractivity contribution in [2.45, 2.75) is 69.2 Å². The van der Waals surface area contributed by atoms with Crippen LogP contribution in [0.15, 0.2) is 77.7 Å². The second-order valence-corrected chi connectivity index (χ2v) is 8.84. The van der Waals surface area contributed by atoms with Crippen molar-refractivity contribution < 1.29 is 22.6 Å². The molecule has 0 amide bonds. The van der Waals surface area contributed by atoms with Gasteiger partial charge in [0.25, 0.3) is 0 Å². The quantitative estimate of drug-likeness (QED) is 0.355. The minimum Gasteiger partial charge on any atom is -0.406 e. The second-order valence-electron chi connectivity index (χ2n) is 8.32. The molecule has 3 aromatic rings. The van der Waals surface area contributed by atoms with Gasteiger partial charge < -0.3 is 9.47 Å². The van der Waals surface area contributed by atoms with Gasteiger partial charge in [-0.15, -0.1) is 25.8 Å². The van der Waals surface area contributed by atoms with Crippen molar-refractivity contribution in [2.24, 2.45) is 0 Å². The molecule has 1 saturated heterocycles. The topological polar surface area (TPSA) is 18.5 Å². The zero-order valence-electron chi connectivity index (χ0n) is 20.2. The lowest BCUT2D eigenvalue weighted by atomic mass is 9.81. The van der Waals surface area contributed by atoms with E-state index in [1.165, 1.54) is 65.8 Å². The standard InChI is InChI=1S/C20H22O.C7H5F3OS.C2H6/c1-3-9-17-15(7-1)12-13-16-8-2-4-10-18(16)20(17)19-11-5-6-14-21-19;8-7(9,10)11-5-1-3-6(12)4-2-5;1-2/h1-4,7-10,19-20H,5-6,11-14H2;1-4,12H;1-2H3. The maximum absolute atomic E-state index is 11.6. The molecule has 0 radical (unpaired) electrons. The number of hydrogen-bond acceptors (Lipinski definition) is 3. The van der Waals surface area contributed by atoms with Crippen molar-refractivity contribution in [3.05, 3.63) is 95.1 Å². The molecule has 2 nitrogen and oxygen atoms in total. The minimum atomic E-state index is -4.63. The highest BCUT2D eigenvalue weighted by Gasteiger charge is 2.32. The predicted molar refractivity (Wildman–Crippen MR) is 137 cm³/mol. The largest absolute Gasteiger partial charge is 0.573 e. The summed E-state index contributed by atoms with van der Waals surface area (Å²) in [6.07, 6.45) is 1.72. The van der Waals surface area contributed by atoms with E-state index in [9.17, 15) is 13.2 Å². The summed E-state index contributed by atoms with van der Waals surface area (Å²) in [6, 6.07) is 23.2. The van der Waals surface area contributed by atoms with E-state index in [4.69, 9.17) is 4.74 Å². The van der Waals surface area contributed by atoms with Crippen molar-refractivity contribution in [2.75, 3.05) is 6.61 Å². The smallest absolute Gasteiger partial charge is 0.406 e. The van der Waals surface area contributed by atoms with E-state index in [0.29, 0.717) is 16.9 Å². The van der Waals surface area contributed by atoms with Crippen LogP contribution in [0.4, 0.5) is 13.2 Å². The molecule has 0 aromatic heterocycles. The van der Waals surface area contributed by atoms with Gasteiger partial charge in [0.1, 0.15) is 5.75 Å². The van der Waals surface area contributed by atoms with Gasteiger partial charge in [0, 0.05) is 17.4 Å². The fraction of sp³-hybridized carbons (Fsp3) is 0.379. The Kier molecular flexibility index (Phi) is 10.1. The van der Waals surface area contributed by atoms with Crippen LogP contribution in [0.25, 0.3) is 0 Å². The first-order chi connectivity index (χ1) is 16.9. The van der Waals surface area contributed by atoms with Crippen molar-refractivity contribution >= 4 is 12.6 Å². The van der Waals surface area contributed by atoms with E-state index < -0.39 is 6.36 Å². The van der Waals surface area contributed by atoms with E-state index in [1.54, 1.807) is 0 Å². The van der Waals surface area contributed by atoms with Crippen LogP contribution in [0.2, 0.25) is 0 Å². The Balaban J connectivity index is 0.000000210. The molecule has 1 aliphatic heterocycles. The number of benzene rings is 3. The number of ether oxygens (including phenoxy) is 2. The third kappa shape index (κ3) is 7.77. The molecular formula is C29H33F3O2S. The van der Waals surface area contributed by atoms with Crippen LogP contribution in [0.5, 0.6) is 5.75 Å². The van der Waals surface area contributed by atoms with E-state index in [1.807, 2.05) is 13.8 Å². The molecule has 3 aromatic carbocycles. The number of hydrogen-bond donors (Lipinski definition) is 1. The van der Waals surface area contributed by atoms with Crippen molar-refractivity contribution in [1.29, 1.82) is 0 Å². The Morgan fingerprint density at radius 1 is 0.800 bits per heavy atom. The molecule has 0 saturated carbocycles. The molecule has 0 N–H and O–H groups in total. The normalized spacial score (nSPS) is 17.4. The summed E-state index contributed by atoms with van der Waals surface area (Å²) in [7, 11) is 0. The van der Waals surface area contributed by atoms with E-state index >= 15 is 0 Å². The summed E-state index contributed by atoms with van der Waals surface area (Å²) in [5.74, 6) is 0.181. The summed E-state index contributed by atoms with van der Waals surface area (Å²) >= 11 is 3.91. The number of alkyl halides is 3. The highest BCUT2D eigenvalue weighted by Crippen LogP contribution is 2.40. The van der Waals surface area contributed by atoms with Gasteiger partial charge in [-0.25, -0.2) is 0 Å². The third-order valence-electron chi connectivity index (χ3n) is 6.10. The molecule has 6 heteroatoms.